The van der Waals surface area contributed by atoms with Gasteiger partial charge in [0, 0.05) is 19.5 Å². The van der Waals surface area contributed by atoms with Crippen molar-refractivity contribution in [2.24, 2.45) is 0 Å². The summed E-state index contributed by atoms with van der Waals surface area (Å²) in [5, 5.41) is 19.7. The van der Waals surface area contributed by atoms with Crippen LogP contribution in [0.4, 0.5) is 5.82 Å². The number of piperidine rings is 1. The smallest absolute Gasteiger partial charge is 0.356 e. The van der Waals surface area contributed by atoms with Crippen molar-refractivity contribution in [3.63, 3.8) is 0 Å². The number of carbonyl (C=O) groups is 1. The molecule has 1 aromatic carbocycles. The van der Waals surface area contributed by atoms with Gasteiger partial charge in [0.25, 0.3) is 0 Å². The normalized spacial score (nSPS) is 16.8. The van der Waals surface area contributed by atoms with Crippen LogP contribution in [0.5, 0.6) is 0 Å². The third kappa shape index (κ3) is 3.71. The van der Waals surface area contributed by atoms with Crippen molar-refractivity contribution in [3.8, 4) is 0 Å². The predicted molar refractivity (Wildman–Crippen MR) is 90.3 cm³/mol. The first-order chi connectivity index (χ1) is 11.5. The van der Waals surface area contributed by atoms with Crippen LogP contribution in [0.1, 0.15) is 34.5 Å². The van der Waals surface area contributed by atoms with Crippen LogP contribution < -0.4 is 4.90 Å². The average molecular weight is 327 g/mol. The van der Waals surface area contributed by atoms with Gasteiger partial charge >= 0.3 is 5.97 Å². The lowest BCUT2D eigenvalue weighted by atomic mass is 9.85. The fraction of sp³-hybridized carbons (Fsp3) is 0.389. The number of carboxylic acid groups (broad SMARTS) is 1. The summed E-state index contributed by atoms with van der Waals surface area (Å²) < 4.78 is 0. The standard InChI is InChI=1S/C18H21N3O3/c1-13-3-2-4-14(9-13)10-18(24)5-7-21(8-6-18)16-12-19-15(11-20-16)17(22)23/h2-4,9,11-12,24H,5-8,10H2,1H3,(H,22,23). The molecule has 0 radical (unpaired) electrons. The minimum absolute atomic E-state index is 0.0632. The number of nitrogens with zero attached hydrogens (tertiary/aromatic N) is 3. The first-order valence-electron chi connectivity index (χ1n) is 8.03. The second-order valence-corrected chi connectivity index (χ2v) is 6.44. The van der Waals surface area contributed by atoms with Crippen LogP contribution in [0, 0.1) is 6.92 Å². The highest BCUT2D eigenvalue weighted by atomic mass is 16.4. The van der Waals surface area contributed by atoms with Crippen LogP contribution in [-0.2, 0) is 6.42 Å². The minimum Gasteiger partial charge on any atom is -0.476 e. The van der Waals surface area contributed by atoms with Gasteiger partial charge in [0.1, 0.15) is 5.82 Å². The van der Waals surface area contributed by atoms with Crippen molar-refractivity contribution in [1.82, 2.24) is 9.97 Å². The van der Waals surface area contributed by atoms with E-state index >= 15 is 0 Å². The molecule has 1 saturated heterocycles. The summed E-state index contributed by atoms with van der Waals surface area (Å²) in [7, 11) is 0. The molecular weight excluding hydrogens is 306 g/mol. The van der Waals surface area contributed by atoms with Crippen molar-refractivity contribution in [1.29, 1.82) is 0 Å². The molecule has 1 aromatic heterocycles. The predicted octanol–water partition coefficient (Wildman–Crippen LogP) is 2.06. The summed E-state index contributed by atoms with van der Waals surface area (Å²) >= 11 is 0. The van der Waals surface area contributed by atoms with Gasteiger partial charge < -0.3 is 15.1 Å². The fourth-order valence-corrected chi connectivity index (χ4v) is 3.13. The third-order valence-corrected chi connectivity index (χ3v) is 4.49. The largest absolute Gasteiger partial charge is 0.476 e. The molecule has 6 nitrogen and oxygen atoms in total. The molecule has 3 rings (SSSR count). The van der Waals surface area contributed by atoms with Crippen molar-refractivity contribution >= 4 is 11.8 Å². The molecule has 0 bridgehead atoms. The maximum Gasteiger partial charge on any atom is 0.356 e. The van der Waals surface area contributed by atoms with Crippen LogP contribution in [0.25, 0.3) is 0 Å². The topological polar surface area (TPSA) is 86.5 Å². The van der Waals surface area contributed by atoms with E-state index in [-0.39, 0.29) is 5.69 Å². The number of hydrogen-bond donors (Lipinski definition) is 2. The number of aromatic carboxylic acids is 1. The van der Waals surface area contributed by atoms with Crippen LogP contribution in [0.2, 0.25) is 0 Å². The Balaban J connectivity index is 1.63. The molecule has 1 aliphatic heterocycles. The third-order valence-electron chi connectivity index (χ3n) is 4.49. The highest BCUT2D eigenvalue weighted by Gasteiger charge is 2.33. The molecule has 6 heteroatoms. The number of anilines is 1. The van der Waals surface area contributed by atoms with E-state index in [1.165, 1.54) is 18.0 Å². The second kappa shape index (κ2) is 6.57. The zero-order valence-corrected chi connectivity index (χ0v) is 13.6. The van der Waals surface area contributed by atoms with E-state index in [1.54, 1.807) is 0 Å². The molecule has 126 valence electrons. The molecule has 0 atom stereocenters. The zero-order chi connectivity index (χ0) is 17.2. The Kier molecular flexibility index (Phi) is 4.49. The van der Waals surface area contributed by atoms with Gasteiger partial charge in [0.15, 0.2) is 5.69 Å². The molecule has 2 N–H and O–H groups in total. The van der Waals surface area contributed by atoms with Crippen LogP contribution in [0.3, 0.4) is 0 Å². The van der Waals surface area contributed by atoms with Gasteiger partial charge in [-0.15, -0.1) is 0 Å². The molecule has 0 amide bonds. The van der Waals surface area contributed by atoms with Gasteiger partial charge in [-0.2, -0.15) is 0 Å². The monoisotopic (exact) mass is 327 g/mol. The molecule has 1 aliphatic rings. The van der Waals surface area contributed by atoms with Crippen LogP contribution >= 0.6 is 0 Å². The first kappa shape index (κ1) is 16.4. The van der Waals surface area contributed by atoms with Crippen LogP contribution in [0.15, 0.2) is 36.7 Å². The lowest BCUT2D eigenvalue weighted by Crippen LogP contribution is -2.46. The number of aromatic nitrogens is 2. The van der Waals surface area contributed by atoms with E-state index in [0.29, 0.717) is 38.2 Å². The molecule has 0 unspecified atom stereocenters. The van der Waals surface area contributed by atoms with Crippen molar-refractivity contribution in [2.75, 3.05) is 18.0 Å². The van der Waals surface area contributed by atoms with E-state index in [0.717, 1.165) is 5.56 Å². The maximum atomic E-state index is 10.9. The lowest BCUT2D eigenvalue weighted by Gasteiger charge is -2.38. The molecule has 1 fully saturated rings. The Morgan fingerprint density at radius 2 is 2.00 bits per heavy atom. The lowest BCUT2D eigenvalue weighted by molar-refractivity contribution is 0.0164. The Hall–Kier alpha value is -2.47. The quantitative estimate of drug-likeness (QED) is 0.894. The minimum atomic E-state index is -1.08. The van der Waals surface area contributed by atoms with Crippen molar-refractivity contribution < 1.29 is 15.0 Å². The molecular formula is C18H21N3O3. The summed E-state index contributed by atoms with van der Waals surface area (Å²) in [6, 6.07) is 8.23. The summed E-state index contributed by atoms with van der Waals surface area (Å²) in [5.41, 5.74) is 1.57. The summed E-state index contributed by atoms with van der Waals surface area (Å²) in [5.74, 6) is -0.433. The van der Waals surface area contributed by atoms with Crippen LogP contribution in [-0.4, -0.2) is 44.8 Å². The average Bonchev–Trinajstić information content (AvgIpc) is 2.55. The summed E-state index contributed by atoms with van der Waals surface area (Å²) in [4.78, 5) is 20.9. The Morgan fingerprint density at radius 3 is 2.58 bits per heavy atom. The fourth-order valence-electron chi connectivity index (χ4n) is 3.13. The molecule has 24 heavy (non-hydrogen) atoms. The number of rotatable bonds is 4. The summed E-state index contributed by atoms with van der Waals surface area (Å²) in [6.07, 6.45) is 4.68. The number of benzene rings is 1. The maximum absolute atomic E-state index is 10.9. The Labute approximate surface area is 140 Å². The van der Waals surface area contributed by atoms with E-state index in [2.05, 4.69) is 29.0 Å². The Bertz CT molecular complexity index is 723. The highest BCUT2D eigenvalue weighted by molar-refractivity contribution is 5.84. The van der Waals surface area contributed by atoms with Gasteiger partial charge in [-0.05, 0) is 25.3 Å². The van der Waals surface area contributed by atoms with E-state index < -0.39 is 11.6 Å². The Morgan fingerprint density at radius 1 is 1.25 bits per heavy atom. The number of aliphatic hydroxyl groups is 1. The molecule has 2 aromatic rings. The van der Waals surface area contributed by atoms with Gasteiger partial charge in [0.05, 0.1) is 18.0 Å². The number of hydrogen-bond acceptors (Lipinski definition) is 5. The van der Waals surface area contributed by atoms with Gasteiger partial charge in [-0.25, -0.2) is 14.8 Å². The molecule has 0 aliphatic carbocycles. The molecule has 0 saturated carbocycles. The molecule has 0 spiro atoms. The molecule has 2 heterocycles. The first-order valence-corrected chi connectivity index (χ1v) is 8.03. The SMILES string of the molecule is Cc1cccc(CC2(O)CCN(c3cnc(C(=O)O)cn3)CC2)c1. The van der Waals surface area contributed by atoms with Gasteiger partial charge in [0.2, 0.25) is 0 Å². The van der Waals surface area contributed by atoms with E-state index in [9.17, 15) is 9.90 Å². The number of aryl methyl sites for hydroxylation is 1. The highest BCUT2D eigenvalue weighted by Crippen LogP contribution is 2.28. The van der Waals surface area contributed by atoms with Crippen molar-refractivity contribution in [3.05, 3.63) is 53.5 Å². The zero-order valence-electron chi connectivity index (χ0n) is 13.6. The summed E-state index contributed by atoms with van der Waals surface area (Å²) in [6.45, 7) is 3.39. The number of carboxylic acids is 1. The van der Waals surface area contributed by atoms with Gasteiger partial charge in [-0.3, -0.25) is 0 Å². The van der Waals surface area contributed by atoms with E-state index in [4.69, 9.17) is 5.11 Å². The van der Waals surface area contributed by atoms with E-state index in [1.807, 2.05) is 17.0 Å². The second-order valence-electron chi connectivity index (χ2n) is 6.44. The van der Waals surface area contributed by atoms with Gasteiger partial charge in [-0.1, -0.05) is 29.8 Å². The van der Waals surface area contributed by atoms with Crippen molar-refractivity contribution in [2.45, 2.75) is 31.8 Å².